The van der Waals surface area contributed by atoms with Gasteiger partial charge in [0.05, 0.1) is 7.11 Å². The van der Waals surface area contributed by atoms with Gasteiger partial charge in [-0.25, -0.2) is 0 Å². The second kappa shape index (κ2) is 6.75. The second-order valence-corrected chi connectivity index (χ2v) is 3.47. The minimum Gasteiger partial charge on any atom is -0.497 e. The van der Waals surface area contributed by atoms with Gasteiger partial charge in [-0.2, -0.15) is 0 Å². The maximum Gasteiger partial charge on any atom is 0.257 e. The van der Waals surface area contributed by atoms with Crippen molar-refractivity contribution >= 4 is 5.91 Å². The fraction of sp³-hybridized carbons (Fsp3) is 0.417. The largest absolute Gasteiger partial charge is 0.497 e. The molecule has 94 valence electrons. The molecule has 0 spiro atoms. The molecule has 0 radical (unpaired) electrons. The topological polar surface area (TPSA) is 73.6 Å². The van der Waals surface area contributed by atoms with Crippen LogP contribution >= 0.6 is 0 Å². The van der Waals surface area contributed by atoms with Gasteiger partial charge in [0.1, 0.15) is 11.5 Å². The molecule has 0 saturated carbocycles. The van der Waals surface area contributed by atoms with E-state index in [4.69, 9.17) is 15.2 Å². The lowest BCUT2D eigenvalue weighted by Gasteiger charge is -2.11. The van der Waals surface area contributed by atoms with E-state index in [1.807, 2.05) is 6.07 Å². The van der Waals surface area contributed by atoms with Crippen molar-refractivity contribution < 1.29 is 14.3 Å². The summed E-state index contributed by atoms with van der Waals surface area (Å²) < 4.78 is 10.5. The number of likely N-dealkylation sites (N-methyl/N-ethyl adjacent to an activating group) is 1. The molecule has 1 amide bonds. The fourth-order valence-corrected chi connectivity index (χ4v) is 1.39. The van der Waals surface area contributed by atoms with Crippen molar-refractivity contribution in [3.8, 4) is 11.5 Å². The highest BCUT2D eigenvalue weighted by Crippen LogP contribution is 2.24. The Labute approximate surface area is 101 Å². The molecule has 1 rings (SSSR count). The summed E-state index contributed by atoms with van der Waals surface area (Å²) >= 11 is 0. The smallest absolute Gasteiger partial charge is 0.257 e. The summed E-state index contributed by atoms with van der Waals surface area (Å²) in [4.78, 5) is 11.1. The van der Waals surface area contributed by atoms with Crippen molar-refractivity contribution in [2.45, 2.75) is 6.42 Å². The third kappa shape index (κ3) is 3.96. The first-order valence-electron chi connectivity index (χ1n) is 5.41. The predicted molar refractivity (Wildman–Crippen MR) is 65.3 cm³/mol. The number of benzene rings is 1. The lowest BCUT2D eigenvalue weighted by molar-refractivity contribution is -0.122. The van der Waals surface area contributed by atoms with Gasteiger partial charge in [-0.05, 0) is 36.7 Å². The quantitative estimate of drug-likeness (QED) is 0.748. The molecule has 1 aromatic rings. The first-order valence-corrected chi connectivity index (χ1v) is 5.41. The molecule has 0 aromatic heterocycles. The van der Waals surface area contributed by atoms with Gasteiger partial charge in [-0.3, -0.25) is 4.79 Å². The standard InChI is InChI=1S/C12H18N2O3/c1-14-12(15)8-17-11-4-3-10(16-2)7-9(11)5-6-13/h3-4,7H,5-6,8,13H2,1-2H3,(H,14,15). The SMILES string of the molecule is CNC(=O)COc1ccc(OC)cc1CCN. The molecule has 3 N–H and O–H groups in total. The van der Waals surface area contributed by atoms with Crippen LogP contribution in [0.3, 0.4) is 0 Å². The number of nitrogens with one attached hydrogen (secondary N) is 1. The summed E-state index contributed by atoms with van der Waals surface area (Å²) in [5.74, 6) is 1.25. The average Bonchev–Trinajstić information content (AvgIpc) is 2.37. The molecule has 0 unspecified atom stereocenters. The van der Waals surface area contributed by atoms with E-state index in [0.717, 1.165) is 11.3 Å². The second-order valence-electron chi connectivity index (χ2n) is 3.47. The van der Waals surface area contributed by atoms with Crippen LogP contribution in [0.25, 0.3) is 0 Å². The summed E-state index contributed by atoms with van der Waals surface area (Å²) in [6, 6.07) is 5.44. The molecule has 0 aliphatic heterocycles. The zero-order valence-electron chi connectivity index (χ0n) is 10.2. The van der Waals surface area contributed by atoms with E-state index in [9.17, 15) is 4.79 Å². The van der Waals surface area contributed by atoms with Crippen LogP contribution in [0.2, 0.25) is 0 Å². The Morgan fingerprint density at radius 2 is 2.24 bits per heavy atom. The van der Waals surface area contributed by atoms with E-state index in [2.05, 4.69) is 5.32 Å². The first kappa shape index (κ1) is 13.3. The van der Waals surface area contributed by atoms with Gasteiger partial charge in [0.2, 0.25) is 0 Å². The highest BCUT2D eigenvalue weighted by atomic mass is 16.5. The van der Waals surface area contributed by atoms with Gasteiger partial charge >= 0.3 is 0 Å². The van der Waals surface area contributed by atoms with Crippen molar-refractivity contribution in [2.24, 2.45) is 5.73 Å². The van der Waals surface area contributed by atoms with Crippen molar-refractivity contribution in [3.63, 3.8) is 0 Å². The van der Waals surface area contributed by atoms with Crippen molar-refractivity contribution in [1.29, 1.82) is 0 Å². The third-order valence-corrected chi connectivity index (χ3v) is 2.32. The van der Waals surface area contributed by atoms with Gasteiger partial charge in [0.25, 0.3) is 5.91 Å². The summed E-state index contributed by atoms with van der Waals surface area (Å²) in [6.45, 7) is 0.518. The molecule has 0 heterocycles. The van der Waals surface area contributed by atoms with Gasteiger partial charge in [0, 0.05) is 7.05 Å². The molecule has 0 bridgehead atoms. The van der Waals surface area contributed by atoms with Gasteiger partial charge < -0.3 is 20.5 Å². The number of nitrogens with two attached hydrogens (primary N) is 1. The molecule has 0 fully saturated rings. The molecule has 1 aromatic carbocycles. The van der Waals surface area contributed by atoms with E-state index in [1.165, 1.54) is 0 Å². The molecule has 0 aliphatic carbocycles. The van der Waals surface area contributed by atoms with Crippen LogP contribution < -0.4 is 20.5 Å². The normalized spacial score (nSPS) is 9.82. The molecule has 5 nitrogen and oxygen atoms in total. The van der Waals surface area contributed by atoms with Gasteiger partial charge in [0.15, 0.2) is 6.61 Å². The van der Waals surface area contributed by atoms with Crippen LogP contribution in [0, 0.1) is 0 Å². The Hall–Kier alpha value is -1.75. The maximum atomic E-state index is 11.1. The van der Waals surface area contributed by atoms with E-state index in [1.54, 1.807) is 26.3 Å². The number of methoxy groups -OCH3 is 1. The highest BCUT2D eigenvalue weighted by Gasteiger charge is 2.07. The minimum absolute atomic E-state index is 0.000397. The lowest BCUT2D eigenvalue weighted by Crippen LogP contribution is -2.25. The molecule has 17 heavy (non-hydrogen) atoms. The summed E-state index contributed by atoms with van der Waals surface area (Å²) in [5, 5.41) is 2.50. The molecule has 0 saturated heterocycles. The number of rotatable bonds is 6. The summed E-state index contributed by atoms with van der Waals surface area (Å²) in [7, 11) is 3.17. The maximum absolute atomic E-state index is 11.1. The van der Waals surface area contributed by atoms with E-state index >= 15 is 0 Å². The number of hydrogen-bond acceptors (Lipinski definition) is 4. The average molecular weight is 238 g/mol. The fourth-order valence-electron chi connectivity index (χ4n) is 1.39. The van der Waals surface area contributed by atoms with Crippen LogP contribution in [0.15, 0.2) is 18.2 Å². The van der Waals surface area contributed by atoms with E-state index in [0.29, 0.717) is 18.7 Å². The van der Waals surface area contributed by atoms with Crippen molar-refractivity contribution in [2.75, 3.05) is 27.3 Å². The minimum atomic E-state index is -0.167. The highest BCUT2D eigenvalue weighted by molar-refractivity contribution is 5.77. The summed E-state index contributed by atoms with van der Waals surface area (Å²) in [5.41, 5.74) is 6.47. The number of carbonyl (C=O) groups is 1. The Morgan fingerprint density at radius 1 is 1.47 bits per heavy atom. The Balaban J connectivity index is 2.78. The predicted octanol–water partition coefficient (Wildman–Crippen LogP) is 0.321. The lowest BCUT2D eigenvalue weighted by atomic mass is 10.1. The zero-order chi connectivity index (χ0) is 12.7. The number of carbonyl (C=O) groups excluding carboxylic acids is 1. The molecular formula is C12H18N2O3. The monoisotopic (exact) mass is 238 g/mol. The van der Waals surface area contributed by atoms with Crippen LogP contribution in [0.1, 0.15) is 5.56 Å². The van der Waals surface area contributed by atoms with Crippen LogP contribution in [-0.4, -0.2) is 33.2 Å². The Morgan fingerprint density at radius 3 is 2.82 bits per heavy atom. The zero-order valence-corrected chi connectivity index (χ0v) is 10.2. The van der Waals surface area contributed by atoms with Gasteiger partial charge in [-0.1, -0.05) is 0 Å². The first-order chi connectivity index (χ1) is 8.21. The van der Waals surface area contributed by atoms with Crippen LogP contribution in [0.5, 0.6) is 11.5 Å². The number of amides is 1. The summed E-state index contributed by atoms with van der Waals surface area (Å²) in [6.07, 6.45) is 0.681. The third-order valence-electron chi connectivity index (χ3n) is 2.32. The van der Waals surface area contributed by atoms with Crippen molar-refractivity contribution in [1.82, 2.24) is 5.32 Å². The molecule has 5 heteroatoms. The Kier molecular flexibility index (Phi) is 5.29. The van der Waals surface area contributed by atoms with Gasteiger partial charge in [-0.15, -0.1) is 0 Å². The molecular weight excluding hydrogens is 220 g/mol. The van der Waals surface area contributed by atoms with Crippen LogP contribution in [0.4, 0.5) is 0 Å². The van der Waals surface area contributed by atoms with Crippen LogP contribution in [-0.2, 0) is 11.2 Å². The number of ether oxygens (including phenoxy) is 2. The Bertz CT molecular complexity index is 380. The number of hydrogen-bond donors (Lipinski definition) is 2. The molecule has 0 aliphatic rings. The van der Waals surface area contributed by atoms with Crippen molar-refractivity contribution in [3.05, 3.63) is 23.8 Å². The van der Waals surface area contributed by atoms with E-state index < -0.39 is 0 Å². The molecule has 0 atom stereocenters. The van der Waals surface area contributed by atoms with E-state index in [-0.39, 0.29) is 12.5 Å².